The summed E-state index contributed by atoms with van der Waals surface area (Å²) in [4.78, 5) is 0. The predicted molar refractivity (Wildman–Crippen MR) is 87.1 cm³/mol. The monoisotopic (exact) mass is 240 g/mol. The van der Waals surface area contributed by atoms with Gasteiger partial charge in [-0.05, 0) is 44.5 Å². The van der Waals surface area contributed by atoms with E-state index >= 15 is 0 Å². The Morgan fingerprint density at radius 1 is 0.526 bits per heavy atom. The maximum absolute atomic E-state index is 2.31. The Morgan fingerprint density at radius 3 is 2.16 bits per heavy atom. The summed E-state index contributed by atoms with van der Waals surface area (Å²) in [6.07, 6.45) is 0. The molecule has 0 bridgehead atoms. The molecule has 0 saturated heterocycles. The molecule has 0 fully saturated rings. The van der Waals surface area contributed by atoms with Crippen molar-refractivity contribution >= 4 is 45.6 Å². The van der Waals surface area contributed by atoms with Gasteiger partial charge in [0.2, 0.25) is 0 Å². The Morgan fingerprint density at radius 2 is 1.32 bits per heavy atom. The summed E-state index contributed by atoms with van der Waals surface area (Å²) in [5.41, 5.74) is 1.34. The quantitative estimate of drug-likeness (QED) is 0.251. The Kier molecular flexibility index (Phi) is 2.16. The van der Waals surface area contributed by atoms with Gasteiger partial charge in [-0.2, -0.15) is 0 Å². The van der Waals surface area contributed by atoms with Crippen LogP contribution in [0.4, 0.5) is 0 Å². The van der Waals surface area contributed by atoms with Crippen LogP contribution in [0.1, 0.15) is 0 Å². The standard InChI is InChI=1S/C18H13B/c19-18-7-3-6-15-16(18)9-8-14-10-12-4-1-2-5-13(12)11-17(14)15/h1-11H,19H2. The fourth-order valence-corrected chi connectivity index (χ4v) is 2.94. The van der Waals surface area contributed by atoms with Crippen LogP contribution in [0.25, 0.3) is 32.3 Å². The predicted octanol–water partition coefficient (Wildman–Crippen LogP) is 3.40. The molecule has 0 atom stereocenters. The van der Waals surface area contributed by atoms with Crippen LogP contribution in [0.3, 0.4) is 0 Å². The number of benzene rings is 4. The molecule has 0 aliphatic heterocycles. The van der Waals surface area contributed by atoms with Crippen molar-refractivity contribution in [2.75, 3.05) is 0 Å². The zero-order chi connectivity index (χ0) is 12.8. The lowest BCUT2D eigenvalue weighted by Crippen LogP contribution is -2.02. The number of hydrogen-bond acceptors (Lipinski definition) is 0. The van der Waals surface area contributed by atoms with Crippen LogP contribution in [-0.4, -0.2) is 7.85 Å². The Labute approximate surface area is 113 Å². The van der Waals surface area contributed by atoms with Crippen molar-refractivity contribution in [1.82, 2.24) is 0 Å². The molecule has 0 aliphatic rings. The molecule has 0 aliphatic carbocycles. The van der Waals surface area contributed by atoms with Crippen LogP contribution in [0.2, 0.25) is 0 Å². The molecule has 0 saturated carbocycles. The lowest BCUT2D eigenvalue weighted by atomic mass is 9.88. The van der Waals surface area contributed by atoms with Gasteiger partial charge in [0, 0.05) is 0 Å². The SMILES string of the molecule is Bc1cccc2c1ccc1cc3ccccc3cc12. The molecule has 0 aromatic heterocycles. The van der Waals surface area contributed by atoms with Crippen molar-refractivity contribution in [1.29, 1.82) is 0 Å². The Hall–Kier alpha value is -2.28. The van der Waals surface area contributed by atoms with E-state index in [9.17, 15) is 0 Å². The van der Waals surface area contributed by atoms with Gasteiger partial charge in [-0.15, -0.1) is 0 Å². The van der Waals surface area contributed by atoms with Crippen molar-refractivity contribution in [3.63, 3.8) is 0 Å². The van der Waals surface area contributed by atoms with Gasteiger partial charge in [-0.3, -0.25) is 0 Å². The largest absolute Gasteiger partial charge is 0.140 e. The van der Waals surface area contributed by atoms with E-state index in [1.807, 2.05) is 0 Å². The second-order valence-corrected chi connectivity index (χ2v) is 5.16. The lowest BCUT2D eigenvalue weighted by Gasteiger charge is -2.08. The van der Waals surface area contributed by atoms with Crippen LogP contribution in [0.5, 0.6) is 0 Å². The highest BCUT2D eigenvalue weighted by atomic mass is 14.1. The van der Waals surface area contributed by atoms with Crippen molar-refractivity contribution in [3.8, 4) is 0 Å². The molecule has 0 amide bonds. The van der Waals surface area contributed by atoms with Crippen LogP contribution >= 0.6 is 0 Å². The van der Waals surface area contributed by atoms with Gasteiger partial charge in [0.25, 0.3) is 0 Å². The first-order valence-corrected chi connectivity index (χ1v) is 6.64. The fraction of sp³-hybridized carbons (Fsp3) is 0. The maximum Gasteiger partial charge on any atom is 0.140 e. The summed E-state index contributed by atoms with van der Waals surface area (Å²) in [5, 5.41) is 7.98. The molecular formula is C18H13B. The topological polar surface area (TPSA) is 0 Å². The van der Waals surface area contributed by atoms with E-state index < -0.39 is 0 Å². The first-order valence-electron chi connectivity index (χ1n) is 6.64. The van der Waals surface area contributed by atoms with E-state index in [1.165, 1.54) is 37.8 Å². The van der Waals surface area contributed by atoms with Crippen molar-refractivity contribution < 1.29 is 0 Å². The Bertz CT molecular complexity index is 922. The normalized spacial score (nSPS) is 11.4. The highest BCUT2D eigenvalue weighted by Crippen LogP contribution is 2.28. The molecule has 0 N–H and O–H groups in total. The minimum atomic E-state index is 1.31. The minimum Gasteiger partial charge on any atom is -0.0813 e. The number of fused-ring (bicyclic) bond motifs is 4. The molecule has 0 heterocycles. The fourth-order valence-electron chi connectivity index (χ4n) is 2.94. The van der Waals surface area contributed by atoms with Gasteiger partial charge < -0.3 is 0 Å². The number of hydrogen-bond donors (Lipinski definition) is 0. The molecule has 0 nitrogen and oxygen atoms in total. The van der Waals surface area contributed by atoms with E-state index in [-0.39, 0.29) is 0 Å². The summed E-state index contributed by atoms with van der Waals surface area (Å²) < 4.78 is 0. The summed E-state index contributed by atoms with van der Waals surface area (Å²) >= 11 is 0. The molecule has 0 unspecified atom stereocenters. The van der Waals surface area contributed by atoms with Gasteiger partial charge in [0.15, 0.2) is 0 Å². The highest BCUT2D eigenvalue weighted by molar-refractivity contribution is 6.39. The molecular weight excluding hydrogens is 227 g/mol. The smallest absolute Gasteiger partial charge is 0.0813 e. The van der Waals surface area contributed by atoms with Gasteiger partial charge >= 0.3 is 0 Å². The second kappa shape index (κ2) is 3.86. The van der Waals surface area contributed by atoms with Gasteiger partial charge in [0.1, 0.15) is 7.85 Å². The third-order valence-electron chi connectivity index (χ3n) is 3.96. The molecule has 0 spiro atoms. The van der Waals surface area contributed by atoms with Crippen LogP contribution in [-0.2, 0) is 0 Å². The zero-order valence-corrected chi connectivity index (χ0v) is 10.9. The molecule has 4 aromatic rings. The molecule has 1 heteroatoms. The highest BCUT2D eigenvalue weighted by Gasteiger charge is 2.03. The van der Waals surface area contributed by atoms with E-state index in [4.69, 9.17) is 0 Å². The summed E-state index contributed by atoms with van der Waals surface area (Å²) in [6, 6.07) is 24.2. The van der Waals surface area contributed by atoms with Gasteiger partial charge in [-0.25, -0.2) is 0 Å². The van der Waals surface area contributed by atoms with E-state index in [1.54, 1.807) is 0 Å². The first kappa shape index (κ1) is 10.6. The van der Waals surface area contributed by atoms with E-state index in [0.29, 0.717) is 0 Å². The maximum atomic E-state index is 2.31. The average Bonchev–Trinajstić information content (AvgIpc) is 2.45. The molecule has 0 radical (unpaired) electrons. The molecule has 19 heavy (non-hydrogen) atoms. The van der Waals surface area contributed by atoms with Gasteiger partial charge in [-0.1, -0.05) is 60.1 Å². The first-order chi connectivity index (χ1) is 9.33. The van der Waals surface area contributed by atoms with Crippen LogP contribution in [0, 0.1) is 0 Å². The van der Waals surface area contributed by atoms with Crippen molar-refractivity contribution in [2.45, 2.75) is 0 Å². The summed E-state index contributed by atoms with van der Waals surface area (Å²) in [5.74, 6) is 0. The third kappa shape index (κ3) is 1.55. The lowest BCUT2D eigenvalue weighted by molar-refractivity contribution is 1.79. The van der Waals surface area contributed by atoms with E-state index in [2.05, 4.69) is 74.6 Å². The molecule has 4 rings (SSSR count). The summed E-state index contributed by atoms with van der Waals surface area (Å²) in [7, 11) is 2.18. The minimum absolute atomic E-state index is 1.31. The second-order valence-electron chi connectivity index (χ2n) is 5.16. The zero-order valence-electron chi connectivity index (χ0n) is 10.9. The third-order valence-corrected chi connectivity index (χ3v) is 3.96. The van der Waals surface area contributed by atoms with Crippen LogP contribution in [0.15, 0.2) is 66.7 Å². The van der Waals surface area contributed by atoms with Crippen LogP contribution < -0.4 is 5.46 Å². The average molecular weight is 240 g/mol. The van der Waals surface area contributed by atoms with Gasteiger partial charge in [0.05, 0.1) is 0 Å². The molecule has 88 valence electrons. The van der Waals surface area contributed by atoms with E-state index in [0.717, 1.165) is 0 Å². The number of rotatable bonds is 0. The van der Waals surface area contributed by atoms with Crippen molar-refractivity contribution in [2.24, 2.45) is 0 Å². The Balaban J connectivity index is 2.26. The molecule has 4 aromatic carbocycles. The summed E-state index contributed by atoms with van der Waals surface area (Å²) in [6.45, 7) is 0. The van der Waals surface area contributed by atoms with Crippen molar-refractivity contribution in [3.05, 3.63) is 66.7 Å².